The van der Waals surface area contributed by atoms with E-state index < -0.39 is 0 Å². The number of para-hydroxylation sites is 1. The predicted octanol–water partition coefficient (Wildman–Crippen LogP) is 1.29. The van der Waals surface area contributed by atoms with Gasteiger partial charge in [0.1, 0.15) is 5.52 Å². The van der Waals surface area contributed by atoms with Crippen molar-refractivity contribution < 1.29 is 0 Å². The fourth-order valence-corrected chi connectivity index (χ4v) is 1.64. The summed E-state index contributed by atoms with van der Waals surface area (Å²) in [6.07, 6.45) is 0. The van der Waals surface area contributed by atoms with E-state index in [2.05, 4.69) is 32.7 Å². The fraction of sp³-hybridized carbons (Fsp3) is 0.417. The first-order valence-electron chi connectivity index (χ1n) is 5.77. The van der Waals surface area contributed by atoms with Gasteiger partial charge in [-0.2, -0.15) is 0 Å². The second-order valence-corrected chi connectivity index (χ2v) is 4.17. The van der Waals surface area contributed by atoms with Crippen molar-refractivity contribution in [1.82, 2.24) is 20.5 Å². The van der Waals surface area contributed by atoms with Crippen LogP contribution in [0, 0.1) is 5.92 Å². The number of benzene rings is 1. The first kappa shape index (κ1) is 11.7. The summed E-state index contributed by atoms with van der Waals surface area (Å²) < 4.78 is 0. The Bertz CT molecular complexity index is 485. The molecule has 5 heteroatoms. The molecule has 0 spiro atoms. The maximum atomic E-state index is 4.40. The first-order chi connectivity index (χ1) is 8.29. The van der Waals surface area contributed by atoms with E-state index in [1.54, 1.807) is 0 Å². The van der Waals surface area contributed by atoms with Crippen LogP contribution in [0.4, 0.5) is 5.95 Å². The highest BCUT2D eigenvalue weighted by atomic mass is 15.2. The topological polar surface area (TPSA) is 62.7 Å². The normalized spacial score (nSPS) is 12.6. The van der Waals surface area contributed by atoms with Crippen molar-refractivity contribution >= 4 is 17.0 Å². The van der Waals surface area contributed by atoms with Gasteiger partial charge in [-0.1, -0.05) is 19.1 Å². The van der Waals surface area contributed by atoms with Crippen LogP contribution in [0.1, 0.15) is 6.92 Å². The molecule has 0 radical (unpaired) electrons. The van der Waals surface area contributed by atoms with E-state index in [1.807, 2.05) is 31.3 Å². The van der Waals surface area contributed by atoms with Crippen LogP contribution in [0.5, 0.6) is 0 Å². The summed E-state index contributed by atoms with van der Waals surface area (Å²) >= 11 is 0. The largest absolute Gasteiger partial charge is 0.353 e. The molecule has 2 N–H and O–H groups in total. The van der Waals surface area contributed by atoms with Crippen LogP contribution in [0.3, 0.4) is 0 Å². The van der Waals surface area contributed by atoms with Crippen molar-refractivity contribution in [1.29, 1.82) is 0 Å². The van der Waals surface area contributed by atoms with Crippen molar-refractivity contribution in [3.05, 3.63) is 24.3 Å². The van der Waals surface area contributed by atoms with Gasteiger partial charge in [-0.05, 0) is 31.6 Å². The van der Waals surface area contributed by atoms with Crippen LogP contribution < -0.4 is 10.6 Å². The molecule has 1 aromatic heterocycles. The lowest BCUT2D eigenvalue weighted by Gasteiger charge is -2.11. The Morgan fingerprint density at radius 3 is 2.65 bits per heavy atom. The minimum Gasteiger partial charge on any atom is -0.353 e. The number of anilines is 1. The van der Waals surface area contributed by atoms with Crippen LogP contribution in [-0.4, -0.2) is 35.3 Å². The molecule has 5 nitrogen and oxygen atoms in total. The zero-order valence-electron chi connectivity index (χ0n) is 10.1. The van der Waals surface area contributed by atoms with Gasteiger partial charge in [0.2, 0.25) is 5.95 Å². The average molecular weight is 231 g/mol. The van der Waals surface area contributed by atoms with E-state index in [0.29, 0.717) is 11.9 Å². The molecular weight excluding hydrogens is 214 g/mol. The van der Waals surface area contributed by atoms with Crippen LogP contribution in [0.15, 0.2) is 24.3 Å². The lowest BCUT2D eigenvalue weighted by molar-refractivity contribution is 0.567. The molecule has 1 unspecified atom stereocenters. The number of nitrogens with one attached hydrogen (secondary N) is 2. The van der Waals surface area contributed by atoms with Crippen LogP contribution in [0.25, 0.3) is 11.0 Å². The predicted molar refractivity (Wildman–Crippen MR) is 68.9 cm³/mol. The van der Waals surface area contributed by atoms with E-state index in [9.17, 15) is 0 Å². The Morgan fingerprint density at radius 1 is 1.12 bits per heavy atom. The maximum Gasteiger partial charge on any atom is 0.243 e. The SMILES string of the molecule is CNCC(C)CNc1nnc2ccccc2n1. The summed E-state index contributed by atoms with van der Waals surface area (Å²) in [4.78, 5) is 4.40. The zero-order valence-corrected chi connectivity index (χ0v) is 10.1. The van der Waals surface area contributed by atoms with Gasteiger partial charge in [0.25, 0.3) is 0 Å². The molecule has 1 heterocycles. The molecule has 90 valence electrons. The summed E-state index contributed by atoms with van der Waals surface area (Å²) in [6, 6.07) is 7.72. The lowest BCUT2D eigenvalue weighted by atomic mass is 10.2. The fourth-order valence-electron chi connectivity index (χ4n) is 1.64. The third-order valence-corrected chi connectivity index (χ3v) is 2.52. The molecule has 17 heavy (non-hydrogen) atoms. The summed E-state index contributed by atoms with van der Waals surface area (Å²) in [5.41, 5.74) is 1.69. The summed E-state index contributed by atoms with van der Waals surface area (Å²) in [5.74, 6) is 1.11. The van der Waals surface area contributed by atoms with Crippen molar-refractivity contribution in [3.63, 3.8) is 0 Å². The minimum atomic E-state index is 0.523. The first-order valence-corrected chi connectivity index (χ1v) is 5.77. The minimum absolute atomic E-state index is 0.523. The molecule has 0 aliphatic carbocycles. The second-order valence-electron chi connectivity index (χ2n) is 4.17. The molecule has 1 atom stereocenters. The molecule has 2 aromatic rings. The molecule has 0 fully saturated rings. The molecule has 0 bridgehead atoms. The molecule has 0 saturated carbocycles. The van der Waals surface area contributed by atoms with Gasteiger partial charge in [0, 0.05) is 6.54 Å². The Hall–Kier alpha value is -1.75. The van der Waals surface area contributed by atoms with E-state index in [-0.39, 0.29) is 0 Å². The van der Waals surface area contributed by atoms with E-state index in [1.165, 1.54) is 0 Å². The lowest BCUT2D eigenvalue weighted by Crippen LogP contribution is -2.23. The number of nitrogens with zero attached hydrogens (tertiary/aromatic N) is 3. The van der Waals surface area contributed by atoms with Crippen molar-refractivity contribution in [2.75, 3.05) is 25.5 Å². The van der Waals surface area contributed by atoms with Crippen LogP contribution in [0.2, 0.25) is 0 Å². The smallest absolute Gasteiger partial charge is 0.243 e. The number of hydrogen-bond acceptors (Lipinski definition) is 5. The summed E-state index contributed by atoms with van der Waals surface area (Å²) in [7, 11) is 1.95. The monoisotopic (exact) mass is 231 g/mol. The molecular formula is C12H17N5. The highest BCUT2D eigenvalue weighted by Gasteiger charge is 2.03. The molecule has 0 saturated heterocycles. The van der Waals surface area contributed by atoms with E-state index >= 15 is 0 Å². The molecule has 2 rings (SSSR count). The average Bonchev–Trinajstić information content (AvgIpc) is 2.36. The standard InChI is InChI=1S/C12H17N5/c1-9(7-13-2)8-14-12-15-10-5-3-4-6-11(10)16-17-12/h3-6,9,13H,7-8H2,1-2H3,(H,14,15,17). The Kier molecular flexibility index (Phi) is 3.82. The van der Waals surface area contributed by atoms with E-state index in [4.69, 9.17) is 0 Å². The number of aromatic nitrogens is 3. The summed E-state index contributed by atoms with van der Waals surface area (Å²) in [6.45, 7) is 3.97. The number of fused-ring (bicyclic) bond motifs is 1. The van der Waals surface area contributed by atoms with Crippen molar-refractivity contribution in [2.24, 2.45) is 5.92 Å². The Labute approximate surface area is 101 Å². The molecule has 0 aliphatic heterocycles. The van der Waals surface area contributed by atoms with Crippen LogP contribution >= 0.6 is 0 Å². The third-order valence-electron chi connectivity index (χ3n) is 2.52. The number of rotatable bonds is 5. The van der Waals surface area contributed by atoms with Gasteiger partial charge in [-0.15, -0.1) is 10.2 Å². The van der Waals surface area contributed by atoms with Gasteiger partial charge >= 0.3 is 0 Å². The highest BCUT2D eigenvalue weighted by molar-refractivity contribution is 5.73. The Balaban J connectivity index is 2.04. The zero-order chi connectivity index (χ0) is 12.1. The highest BCUT2D eigenvalue weighted by Crippen LogP contribution is 2.08. The second kappa shape index (κ2) is 5.54. The van der Waals surface area contributed by atoms with Crippen molar-refractivity contribution in [3.8, 4) is 0 Å². The van der Waals surface area contributed by atoms with Gasteiger partial charge in [0.15, 0.2) is 0 Å². The van der Waals surface area contributed by atoms with Gasteiger partial charge in [-0.3, -0.25) is 0 Å². The third kappa shape index (κ3) is 3.10. The molecule has 0 amide bonds. The van der Waals surface area contributed by atoms with Crippen LogP contribution in [-0.2, 0) is 0 Å². The quantitative estimate of drug-likeness (QED) is 0.812. The maximum absolute atomic E-state index is 4.40. The molecule has 1 aromatic carbocycles. The van der Waals surface area contributed by atoms with Crippen molar-refractivity contribution in [2.45, 2.75) is 6.92 Å². The molecule has 0 aliphatic rings. The summed E-state index contributed by atoms with van der Waals surface area (Å²) in [5, 5.41) is 14.5. The van der Waals surface area contributed by atoms with E-state index in [0.717, 1.165) is 24.1 Å². The Morgan fingerprint density at radius 2 is 1.88 bits per heavy atom. The van der Waals surface area contributed by atoms with Gasteiger partial charge < -0.3 is 10.6 Å². The van der Waals surface area contributed by atoms with Gasteiger partial charge in [-0.25, -0.2) is 4.98 Å². The number of hydrogen-bond donors (Lipinski definition) is 2. The van der Waals surface area contributed by atoms with Gasteiger partial charge in [0.05, 0.1) is 5.52 Å².